The van der Waals surface area contributed by atoms with Gasteiger partial charge in [-0.1, -0.05) is 12.1 Å². The van der Waals surface area contributed by atoms with Crippen molar-refractivity contribution in [2.24, 2.45) is 5.92 Å². The number of hydrogen-bond acceptors (Lipinski definition) is 2. The van der Waals surface area contributed by atoms with Crippen LogP contribution >= 0.6 is 0 Å². The summed E-state index contributed by atoms with van der Waals surface area (Å²) in [6.45, 7) is 1.07. The van der Waals surface area contributed by atoms with Gasteiger partial charge in [-0.2, -0.15) is 13.2 Å². The summed E-state index contributed by atoms with van der Waals surface area (Å²) in [5.74, 6) is -0.479. The minimum Gasteiger partial charge on any atom is -0.338 e. The van der Waals surface area contributed by atoms with Crippen LogP contribution in [0.2, 0.25) is 0 Å². The molecule has 0 radical (unpaired) electrons. The number of carbonyl (C=O) groups is 2. The zero-order valence-corrected chi connectivity index (χ0v) is 15.3. The number of amides is 3. The van der Waals surface area contributed by atoms with Crippen molar-refractivity contribution in [2.45, 2.75) is 19.1 Å². The molecule has 2 aromatic rings. The average molecular weight is 409 g/mol. The summed E-state index contributed by atoms with van der Waals surface area (Å²) in [7, 11) is 0. The van der Waals surface area contributed by atoms with Gasteiger partial charge in [0.25, 0.3) is 0 Å². The molecule has 2 aromatic carbocycles. The minimum atomic E-state index is -4.43. The standard InChI is InChI=1S/C20H19F4N3O2/c21-16-5-1-13(2-6-16)11-27-12-14(9-18(27)28)10-25-19(29)26-17-7-3-15(4-8-17)20(22,23)24/h1-8,14H,9-12H2,(H2,25,26,29). The van der Waals surface area contributed by atoms with E-state index in [0.717, 1.165) is 17.7 Å². The third-order valence-electron chi connectivity index (χ3n) is 4.60. The molecule has 0 aromatic heterocycles. The zero-order valence-electron chi connectivity index (χ0n) is 15.3. The van der Waals surface area contributed by atoms with Gasteiger partial charge < -0.3 is 15.5 Å². The van der Waals surface area contributed by atoms with Crippen LogP contribution in [0.25, 0.3) is 0 Å². The molecule has 1 saturated heterocycles. The first kappa shape index (κ1) is 20.6. The van der Waals surface area contributed by atoms with Crippen molar-refractivity contribution in [3.8, 4) is 0 Å². The highest BCUT2D eigenvalue weighted by Gasteiger charge is 2.31. The lowest BCUT2D eigenvalue weighted by Crippen LogP contribution is -2.34. The Morgan fingerprint density at radius 1 is 1.07 bits per heavy atom. The first-order chi connectivity index (χ1) is 13.7. The molecular weight excluding hydrogens is 390 g/mol. The van der Waals surface area contributed by atoms with E-state index in [1.54, 1.807) is 17.0 Å². The zero-order chi connectivity index (χ0) is 21.0. The van der Waals surface area contributed by atoms with E-state index < -0.39 is 17.8 Å². The number of nitrogens with zero attached hydrogens (tertiary/aromatic N) is 1. The second-order valence-electron chi connectivity index (χ2n) is 6.88. The van der Waals surface area contributed by atoms with Gasteiger partial charge >= 0.3 is 12.2 Å². The molecule has 154 valence electrons. The number of anilines is 1. The van der Waals surface area contributed by atoms with Crippen molar-refractivity contribution in [2.75, 3.05) is 18.4 Å². The maximum atomic E-state index is 13.0. The molecule has 3 rings (SSSR count). The Balaban J connectivity index is 1.45. The van der Waals surface area contributed by atoms with Gasteiger partial charge in [-0.05, 0) is 42.0 Å². The van der Waals surface area contributed by atoms with E-state index in [-0.39, 0.29) is 36.3 Å². The Morgan fingerprint density at radius 2 is 1.72 bits per heavy atom. The smallest absolute Gasteiger partial charge is 0.338 e. The molecule has 1 aliphatic heterocycles. The number of alkyl halides is 3. The summed E-state index contributed by atoms with van der Waals surface area (Å²) < 4.78 is 50.6. The fraction of sp³-hybridized carbons (Fsp3) is 0.300. The molecule has 1 aliphatic rings. The first-order valence-electron chi connectivity index (χ1n) is 8.95. The summed E-state index contributed by atoms with van der Waals surface area (Å²) in [5.41, 5.74) is 0.249. The van der Waals surface area contributed by atoms with Crippen LogP contribution in [0.5, 0.6) is 0 Å². The Bertz CT molecular complexity index is 867. The van der Waals surface area contributed by atoms with Gasteiger partial charge in [0.15, 0.2) is 0 Å². The molecule has 1 heterocycles. The van der Waals surface area contributed by atoms with E-state index in [2.05, 4.69) is 10.6 Å². The molecule has 9 heteroatoms. The van der Waals surface area contributed by atoms with Crippen LogP contribution in [-0.2, 0) is 17.5 Å². The lowest BCUT2D eigenvalue weighted by Gasteiger charge is -2.17. The summed E-state index contributed by atoms with van der Waals surface area (Å²) in [4.78, 5) is 25.7. The van der Waals surface area contributed by atoms with Crippen LogP contribution in [0.4, 0.5) is 28.0 Å². The summed E-state index contributed by atoms with van der Waals surface area (Å²) in [5, 5.41) is 5.09. The molecule has 2 N–H and O–H groups in total. The van der Waals surface area contributed by atoms with Crippen molar-refractivity contribution in [1.29, 1.82) is 0 Å². The van der Waals surface area contributed by atoms with Gasteiger partial charge in [0.1, 0.15) is 5.82 Å². The van der Waals surface area contributed by atoms with Crippen molar-refractivity contribution < 1.29 is 27.2 Å². The van der Waals surface area contributed by atoms with E-state index >= 15 is 0 Å². The Hall–Kier alpha value is -3.10. The number of nitrogens with one attached hydrogen (secondary N) is 2. The van der Waals surface area contributed by atoms with Crippen LogP contribution in [0, 0.1) is 11.7 Å². The van der Waals surface area contributed by atoms with Gasteiger partial charge in [0.05, 0.1) is 5.56 Å². The normalized spacial score (nSPS) is 16.8. The topological polar surface area (TPSA) is 61.4 Å². The molecule has 3 amide bonds. The monoisotopic (exact) mass is 409 g/mol. The summed E-state index contributed by atoms with van der Waals surface area (Å²) >= 11 is 0. The third kappa shape index (κ3) is 5.69. The number of likely N-dealkylation sites (tertiary alicyclic amines) is 1. The highest BCUT2D eigenvalue weighted by Crippen LogP contribution is 2.29. The highest BCUT2D eigenvalue weighted by molar-refractivity contribution is 5.89. The van der Waals surface area contributed by atoms with Crippen LogP contribution in [0.1, 0.15) is 17.5 Å². The average Bonchev–Trinajstić information content (AvgIpc) is 3.01. The quantitative estimate of drug-likeness (QED) is 0.733. The van der Waals surface area contributed by atoms with Crippen molar-refractivity contribution in [1.82, 2.24) is 10.2 Å². The molecule has 1 atom stereocenters. The maximum Gasteiger partial charge on any atom is 0.416 e. The van der Waals surface area contributed by atoms with E-state index in [0.29, 0.717) is 13.1 Å². The molecule has 0 bridgehead atoms. The molecule has 5 nitrogen and oxygen atoms in total. The number of benzene rings is 2. The molecule has 29 heavy (non-hydrogen) atoms. The second kappa shape index (κ2) is 8.50. The fourth-order valence-corrected chi connectivity index (χ4v) is 3.11. The third-order valence-corrected chi connectivity index (χ3v) is 4.60. The number of rotatable bonds is 5. The van der Waals surface area contributed by atoms with Crippen LogP contribution < -0.4 is 10.6 Å². The van der Waals surface area contributed by atoms with Crippen molar-refractivity contribution in [3.05, 3.63) is 65.5 Å². The van der Waals surface area contributed by atoms with E-state index in [4.69, 9.17) is 0 Å². The van der Waals surface area contributed by atoms with Crippen LogP contribution in [0.15, 0.2) is 48.5 Å². The van der Waals surface area contributed by atoms with Gasteiger partial charge in [-0.3, -0.25) is 4.79 Å². The van der Waals surface area contributed by atoms with E-state index in [9.17, 15) is 27.2 Å². The predicted octanol–water partition coefficient (Wildman–Crippen LogP) is 4.01. The number of halogens is 4. The number of hydrogen-bond donors (Lipinski definition) is 2. The SMILES string of the molecule is O=C(NCC1CC(=O)N(Cc2ccc(F)cc2)C1)Nc1ccc(C(F)(F)F)cc1. The Morgan fingerprint density at radius 3 is 2.34 bits per heavy atom. The second-order valence-corrected chi connectivity index (χ2v) is 6.88. The molecular formula is C20H19F4N3O2. The Kier molecular flexibility index (Phi) is 6.05. The molecule has 0 saturated carbocycles. The predicted molar refractivity (Wildman–Crippen MR) is 98.4 cm³/mol. The lowest BCUT2D eigenvalue weighted by atomic mass is 10.1. The van der Waals surface area contributed by atoms with Crippen LogP contribution in [0.3, 0.4) is 0 Å². The number of carbonyl (C=O) groups excluding carboxylic acids is 2. The largest absolute Gasteiger partial charge is 0.416 e. The van der Waals surface area contributed by atoms with E-state index in [1.807, 2.05) is 0 Å². The molecule has 1 fully saturated rings. The van der Waals surface area contributed by atoms with Gasteiger partial charge in [0, 0.05) is 37.7 Å². The fourth-order valence-electron chi connectivity index (χ4n) is 3.11. The minimum absolute atomic E-state index is 0.0516. The Labute approximate surface area is 164 Å². The molecule has 0 aliphatic carbocycles. The summed E-state index contributed by atoms with van der Waals surface area (Å²) in [6.07, 6.45) is -4.16. The summed E-state index contributed by atoms with van der Waals surface area (Å²) in [6, 6.07) is 9.46. The molecule has 0 spiro atoms. The van der Waals surface area contributed by atoms with Crippen LogP contribution in [-0.4, -0.2) is 29.9 Å². The molecule has 1 unspecified atom stereocenters. The first-order valence-corrected chi connectivity index (χ1v) is 8.95. The lowest BCUT2D eigenvalue weighted by molar-refractivity contribution is -0.137. The maximum absolute atomic E-state index is 13.0. The van der Waals surface area contributed by atoms with Gasteiger partial charge in [0.2, 0.25) is 5.91 Å². The van der Waals surface area contributed by atoms with Crippen molar-refractivity contribution >= 4 is 17.6 Å². The number of urea groups is 1. The van der Waals surface area contributed by atoms with Crippen molar-refractivity contribution in [3.63, 3.8) is 0 Å². The van der Waals surface area contributed by atoms with E-state index in [1.165, 1.54) is 24.3 Å². The highest BCUT2D eigenvalue weighted by atomic mass is 19.4. The van der Waals surface area contributed by atoms with Gasteiger partial charge in [-0.25, -0.2) is 9.18 Å². The van der Waals surface area contributed by atoms with Gasteiger partial charge in [-0.15, -0.1) is 0 Å².